The lowest BCUT2D eigenvalue weighted by molar-refractivity contribution is 0.233. The summed E-state index contributed by atoms with van der Waals surface area (Å²) in [5.74, 6) is 0.926. The Balaban J connectivity index is 2.35. The summed E-state index contributed by atoms with van der Waals surface area (Å²) >= 11 is 2.26. The van der Waals surface area contributed by atoms with Crippen molar-refractivity contribution in [1.82, 2.24) is 0 Å². The summed E-state index contributed by atoms with van der Waals surface area (Å²) in [7, 11) is 1.67. The second-order valence-electron chi connectivity index (χ2n) is 2.67. The lowest BCUT2D eigenvalue weighted by Gasteiger charge is -2.04. The van der Waals surface area contributed by atoms with Crippen LogP contribution in [0.5, 0.6) is 5.75 Å². The predicted octanol–water partition coefficient (Wildman–Crippen LogP) is 2.87. The lowest BCUT2D eigenvalue weighted by atomic mass is 10.3. The normalized spacial score (nSPS) is 10.7. The molecule has 0 unspecified atom stereocenters. The second kappa shape index (κ2) is 6.84. The minimum absolute atomic E-state index is 0.587. The van der Waals surface area contributed by atoms with Crippen LogP contribution in [0.3, 0.4) is 0 Å². The summed E-state index contributed by atoms with van der Waals surface area (Å²) in [6, 6.07) is 7.95. The van der Waals surface area contributed by atoms with Crippen molar-refractivity contribution in [2.45, 2.75) is 0 Å². The topological polar surface area (TPSA) is 18.5 Å². The zero-order valence-electron chi connectivity index (χ0n) is 8.07. The molecule has 0 aliphatic heterocycles. The maximum absolute atomic E-state index is 5.53. The van der Waals surface area contributed by atoms with E-state index in [1.54, 1.807) is 7.11 Å². The number of methoxy groups -OCH3 is 1. The Kier molecular flexibility index (Phi) is 5.63. The molecule has 0 amide bonds. The fraction of sp³-hybridized carbons (Fsp3) is 0.273. The molecule has 0 aromatic heterocycles. The van der Waals surface area contributed by atoms with Gasteiger partial charge < -0.3 is 9.47 Å². The SMILES string of the molecule is COC/C=C/COc1ccccc1I. The van der Waals surface area contributed by atoms with Gasteiger partial charge in [-0.3, -0.25) is 0 Å². The third-order valence-corrected chi connectivity index (χ3v) is 2.49. The number of benzene rings is 1. The van der Waals surface area contributed by atoms with Crippen LogP contribution in [-0.4, -0.2) is 20.3 Å². The van der Waals surface area contributed by atoms with Gasteiger partial charge in [0.2, 0.25) is 0 Å². The van der Waals surface area contributed by atoms with Gasteiger partial charge in [0.25, 0.3) is 0 Å². The van der Waals surface area contributed by atoms with Gasteiger partial charge in [0, 0.05) is 7.11 Å². The van der Waals surface area contributed by atoms with Gasteiger partial charge in [-0.25, -0.2) is 0 Å². The van der Waals surface area contributed by atoms with Crippen LogP contribution in [0.1, 0.15) is 0 Å². The van der Waals surface area contributed by atoms with Crippen LogP contribution in [0.15, 0.2) is 36.4 Å². The van der Waals surface area contributed by atoms with Gasteiger partial charge in [0.05, 0.1) is 10.2 Å². The third-order valence-electron chi connectivity index (χ3n) is 1.60. The van der Waals surface area contributed by atoms with E-state index in [0.717, 1.165) is 9.32 Å². The van der Waals surface area contributed by atoms with E-state index in [1.165, 1.54) is 0 Å². The van der Waals surface area contributed by atoms with Crippen LogP contribution < -0.4 is 4.74 Å². The average molecular weight is 304 g/mol. The Morgan fingerprint density at radius 1 is 1.21 bits per heavy atom. The molecule has 14 heavy (non-hydrogen) atoms. The number of ether oxygens (including phenoxy) is 2. The van der Waals surface area contributed by atoms with Crippen LogP contribution in [0.2, 0.25) is 0 Å². The van der Waals surface area contributed by atoms with Crippen molar-refractivity contribution in [3.63, 3.8) is 0 Å². The van der Waals surface area contributed by atoms with Gasteiger partial charge in [0.1, 0.15) is 12.4 Å². The Morgan fingerprint density at radius 2 is 1.93 bits per heavy atom. The molecule has 76 valence electrons. The molecule has 0 spiro atoms. The summed E-state index contributed by atoms with van der Waals surface area (Å²) in [6.07, 6.45) is 3.89. The number of hydrogen-bond donors (Lipinski definition) is 0. The summed E-state index contributed by atoms with van der Waals surface area (Å²) < 4.78 is 11.5. The van der Waals surface area contributed by atoms with E-state index in [-0.39, 0.29) is 0 Å². The molecule has 2 nitrogen and oxygen atoms in total. The average Bonchev–Trinajstić information content (AvgIpc) is 2.20. The molecule has 0 aliphatic rings. The highest BCUT2D eigenvalue weighted by Gasteiger charge is 1.95. The first-order chi connectivity index (χ1) is 6.84. The van der Waals surface area contributed by atoms with E-state index in [1.807, 2.05) is 36.4 Å². The van der Waals surface area contributed by atoms with E-state index in [0.29, 0.717) is 13.2 Å². The molecule has 0 fully saturated rings. The van der Waals surface area contributed by atoms with Crippen LogP contribution in [0.25, 0.3) is 0 Å². The highest BCUT2D eigenvalue weighted by molar-refractivity contribution is 14.1. The second-order valence-corrected chi connectivity index (χ2v) is 3.83. The molecule has 1 rings (SSSR count). The van der Waals surface area contributed by atoms with Crippen LogP contribution in [-0.2, 0) is 4.74 Å². The summed E-state index contributed by atoms with van der Waals surface area (Å²) in [6.45, 7) is 1.22. The van der Waals surface area contributed by atoms with E-state index in [2.05, 4.69) is 22.6 Å². The quantitative estimate of drug-likeness (QED) is 0.615. The van der Waals surface area contributed by atoms with E-state index in [9.17, 15) is 0 Å². The molecule has 0 radical (unpaired) electrons. The first kappa shape index (κ1) is 11.5. The fourth-order valence-electron chi connectivity index (χ4n) is 0.932. The molecule has 0 saturated heterocycles. The van der Waals surface area contributed by atoms with Gasteiger partial charge in [-0.15, -0.1) is 0 Å². The standard InChI is InChI=1S/C11H13IO2/c1-13-8-4-5-9-14-11-7-3-2-6-10(11)12/h2-7H,8-9H2,1H3/b5-4+. The van der Waals surface area contributed by atoms with Gasteiger partial charge in [-0.05, 0) is 40.8 Å². The van der Waals surface area contributed by atoms with Crippen molar-refractivity contribution >= 4 is 22.6 Å². The van der Waals surface area contributed by atoms with Crippen LogP contribution in [0.4, 0.5) is 0 Å². The molecule has 0 aliphatic carbocycles. The van der Waals surface area contributed by atoms with Gasteiger partial charge >= 0.3 is 0 Å². The maximum Gasteiger partial charge on any atom is 0.133 e. The van der Waals surface area contributed by atoms with Crippen molar-refractivity contribution in [2.24, 2.45) is 0 Å². The smallest absolute Gasteiger partial charge is 0.133 e. The zero-order chi connectivity index (χ0) is 10.2. The van der Waals surface area contributed by atoms with E-state index >= 15 is 0 Å². The molecule has 0 saturated carbocycles. The van der Waals surface area contributed by atoms with Crippen molar-refractivity contribution in [2.75, 3.05) is 20.3 Å². The number of hydrogen-bond acceptors (Lipinski definition) is 2. The summed E-state index contributed by atoms with van der Waals surface area (Å²) in [5.41, 5.74) is 0. The molecule has 1 aromatic rings. The van der Waals surface area contributed by atoms with Crippen molar-refractivity contribution in [3.05, 3.63) is 40.0 Å². The van der Waals surface area contributed by atoms with Crippen molar-refractivity contribution in [3.8, 4) is 5.75 Å². The summed E-state index contributed by atoms with van der Waals surface area (Å²) in [4.78, 5) is 0. The molecule has 1 aromatic carbocycles. The molecule has 0 heterocycles. The first-order valence-corrected chi connectivity index (χ1v) is 5.43. The van der Waals surface area contributed by atoms with Gasteiger partial charge in [-0.1, -0.05) is 18.2 Å². The molecule has 0 atom stereocenters. The molecule has 0 N–H and O–H groups in total. The largest absolute Gasteiger partial charge is 0.488 e. The van der Waals surface area contributed by atoms with E-state index in [4.69, 9.17) is 9.47 Å². The molecular formula is C11H13IO2. The Labute approximate surface area is 98.1 Å². The Hall–Kier alpha value is -0.550. The number of halogens is 1. The zero-order valence-corrected chi connectivity index (χ0v) is 10.2. The summed E-state index contributed by atoms with van der Waals surface area (Å²) in [5, 5.41) is 0. The van der Waals surface area contributed by atoms with Gasteiger partial charge in [-0.2, -0.15) is 0 Å². The minimum atomic E-state index is 0.587. The van der Waals surface area contributed by atoms with Gasteiger partial charge in [0.15, 0.2) is 0 Å². The van der Waals surface area contributed by atoms with Crippen molar-refractivity contribution < 1.29 is 9.47 Å². The Bertz CT molecular complexity index is 297. The molecular weight excluding hydrogens is 291 g/mol. The lowest BCUT2D eigenvalue weighted by Crippen LogP contribution is -1.95. The highest BCUT2D eigenvalue weighted by atomic mass is 127. The first-order valence-electron chi connectivity index (χ1n) is 4.36. The third kappa shape index (κ3) is 4.11. The highest BCUT2D eigenvalue weighted by Crippen LogP contribution is 2.19. The molecule has 3 heteroatoms. The number of rotatable bonds is 5. The predicted molar refractivity (Wildman–Crippen MR) is 65.7 cm³/mol. The van der Waals surface area contributed by atoms with Crippen LogP contribution >= 0.6 is 22.6 Å². The maximum atomic E-state index is 5.53. The number of para-hydroxylation sites is 1. The van der Waals surface area contributed by atoms with E-state index < -0.39 is 0 Å². The fourth-order valence-corrected chi connectivity index (χ4v) is 1.48. The van der Waals surface area contributed by atoms with Crippen molar-refractivity contribution in [1.29, 1.82) is 0 Å². The van der Waals surface area contributed by atoms with Crippen LogP contribution in [0, 0.1) is 3.57 Å². The molecule has 0 bridgehead atoms. The minimum Gasteiger partial charge on any atom is -0.488 e. The monoisotopic (exact) mass is 304 g/mol. The Morgan fingerprint density at radius 3 is 2.64 bits per heavy atom.